The Morgan fingerprint density at radius 1 is 1.32 bits per heavy atom. The van der Waals surface area contributed by atoms with Crippen LogP contribution in [0.4, 0.5) is 4.79 Å². The number of Topliss-reactive ketones (excluding diaryl/α,β-unsaturated/α-hetero) is 1. The molecule has 1 aliphatic heterocycles. The zero-order valence-corrected chi connectivity index (χ0v) is 12.4. The fourth-order valence-electron chi connectivity index (χ4n) is 2.12. The van der Waals surface area contributed by atoms with Gasteiger partial charge in [-0.1, -0.05) is 12.8 Å². The number of rotatable bonds is 1. The molecule has 19 heavy (non-hydrogen) atoms. The van der Waals surface area contributed by atoms with Gasteiger partial charge in [-0.3, -0.25) is 4.79 Å². The Morgan fingerprint density at radius 3 is 2.47 bits per heavy atom. The van der Waals surface area contributed by atoms with Crippen LogP contribution in [0.25, 0.3) is 0 Å². The van der Waals surface area contributed by atoms with Crippen molar-refractivity contribution in [2.45, 2.75) is 46.6 Å². The third kappa shape index (κ3) is 4.59. The second kappa shape index (κ2) is 6.10. The summed E-state index contributed by atoms with van der Waals surface area (Å²) in [6, 6.07) is 0. The summed E-state index contributed by atoms with van der Waals surface area (Å²) in [5.74, 6) is 5.19. The largest absolute Gasteiger partial charge is 0.444 e. The molecule has 0 N–H and O–H groups in total. The van der Waals surface area contributed by atoms with Gasteiger partial charge in [0.1, 0.15) is 5.60 Å². The van der Waals surface area contributed by atoms with Crippen molar-refractivity contribution in [3.05, 3.63) is 0 Å². The number of amides is 1. The first-order chi connectivity index (χ1) is 8.74. The zero-order chi connectivity index (χ0) is 14.6. The van der Waals surface area contributed by atoms with Gasteiger partial charge in [-0.2, -0.15) is 0 Å². The highest BCUT2D eigenvalue weighted by atomic mass is 16.6. The smallest absolute Gasteiger partial charge is 0.410 e. The fourth-order valence-corrected chi connectivity index (χ4v) is 2.12. The van der Waals surface area contributed by atoms with Crippen molar-refractivity contribution in [2.24, 2.45) is 11.8 Å². The minimum Gasteiger partial charge on any atom is -0.444 e. The average Bonchev–Trinajstić information content (AvgIpc) is 2.27. The number of likely N-dealkylation sites (tertiary alicyclic amines) is 1. The monoisotopic (exact) mass is 265 g/mol. The minimum atomic E-state index is -0.511. The fraction of sp³-hybridized carbons (Fsp3) is 0.733. The number of ketones is 1. The third-order valence-electron chi connectivity index (χ3n) is 3.19. The molecule has 1 saturated heterocycles. The molecule has 0 aromatic rings. The van der Waals surface area contributed by atoms with Crippen LogP contribution in [0.1, 0.15) is 41.0 Å². The van der Waals surface area contributed by atoms with Gasteiger partial charge in [-0.05, 0) is 46.0 Å². The highest BCUT2D eigenvalue weighted by Gasteiger charge is 2.34. The van der Waals surface area contributed by atoms with E-state index in [2.05, 4.69) is 11.8 Å². The molecule has 1 aliphatic rings. The van der Waals surface area contributed by atoms with E-state index in [-0.39, 0.29) is 23.7 Å². The summed E-state index contributed by atoms with van der Waals surface area (Å²) in [5, 5.41) is 0. The van der Waals surface area contributed by atoms with Crippen LogP contribution in [0.15, 0.2) is 0 Å². The molecular formula is C15H23NO3. The SMILES string of the molecule is CC#CC(=O)[C@@H]1CN(C(=O)OC(C)(C)C)CC[C@H]1C. The summed E-state index contributed by atoms with van der Waals surface area (Å²) in [4.78, 5) is 25.5. The van der Waals surface area contributed by atoms with Crippen molar-refractivity contribution >= 4 is 11.9 Å². The Morgan fingerprint density at radius 2 is 1.95 bits per heavy atom. The summed E-state index contributed by atoms with van der Waals surface area (Å²) in [7, 11) is 0. The number of carbonyl (C=O) groups excluding carboxylic acids is 2. The molecular weight excluding hydrogens is 242 g/mol. The first kappa shape index (κ1) is 15.6. The molecule has 106 valence electrons. The molecule has 2 atom stereocenters. The molecule has 0 saturated carbocycles. The average molecular weight is 265 g/mol. The summed E-state index contributed by atoms with van der Waals surface area (Å²) in [5.41, 5.74) is -0.511. The number of piperidine rings is 1. The Kier molecular flexibility index (Phi) is 4.99. The van der Waals surface area contributed by atoms with Crippen molar-refractivity contribution in [2.75, 3.05) is 13.1 Å². The van der Waals surface area contributed by atoms with E-state index in [4.69, 9.17) is 4.74 Å². The van der Waals surface area contributed by atoms with Gasteiger partial charge in [0.05, 0.1) is 5.92 Å². The maximum atomic E-state index is 12.0. The quantitative estimate of drug-likeness (QED) is 0.540. The third-order valence-corrected chi connectivity index (χ3v) is 3.19. The number of hydrogen-bond acceptors (Lipinski definition) is 3. The standard InChI is InChI=1S/C15H23NO3/c1-6-7-13(17)12-10-16(9-8-11(12)2)14(18)19-15(3,4)5/h11-12H,8-10H2,1-5H3/t11-,12-/m1/s1. The molecule has 0 spiro atoms. The zero-order valence-electron chi connectivity index (χ0n) is 12.4. The van der Waals surface area contributed by atoms with E-state index in [1.165, 1.54) is 0 Å². The predicted molar refractivity (Wildman–Crippen MR) is 73.5 cm³/mol. The van der Waals surface area contributed by atoms with Gasteiger partial charge >= 0.3 is 6.09 Å². The number of hydrogen-bond donors (Lipinski definition) is 0. The van der Waals surface area contributed by atoms with Crippen LogP contribution >= 0.6 is 0 Å². The van der Waals surface area contributed by atoms with Crippen molar-refractivity contribution in [3.63, 3.8) is 0 Å². The molecule has 1 heterocycles. The van der Waals surface area contributed by atoms with E-state index in [0.717, 1.165) is 6.42 Å². The number of ether oxygens (including phenoxy) is 1. The van der Waals surface area contributed by atoms with E-state index in [1.807, 2.05) is 27.7 Å². The van der Waals surface area contributed by atoms with E-state index in [1.54, 1.807) is 11.8 Å². The van der Waals surface area contributed by atoms with Gasteiger partial charge in [0.2, 0.25) is 5.78 Å². The van der Waals surface area contributed by atoms with Crippen LogP contribution < -0.4 is 0 Å². The van der Waals surface area contributed by atoms with E-state index < -0.39 is 5.60 Å². The second-order valence-corrected chi connectivity index (χ2v) is 6.04. The van der Waals surface area contributed by atoms with Crippen LogP contribution in [-0.2, 0) is 9.53 Å². The maximum absolute atomic E-state index is 12.0. The summed E-state index contributed by atoms with van der Waals surface area (Å²) >= 11 is 0. The van der Waals surface area contributed by atoms with Crippen LogP contribution in [0.3, 0.4) is 0 Å². The van der Waals surface area contributed by atoms with E-state index in [9.17, 15) is 9.59 Å². The summed E-state index contributed by atoms with van der Waals surface area (Å²) < 4.78 is 5.34. The summed E-state index contributed by atoms with van der Waals surface area (Å²) in [6.45, 7) is 10.2. The van der Waals surface area contributed by atoms with Crippen molar-refractivity contribution < 1.29 is 14.3 Å². The first-order valence-electron chi connectivity index (χ1n) is 6.69. The topological polar surface area (TPSA) is 46.6 Å². The minimum absolute atomic E-state index is 0.0803. The maximum Gasteiger partial charge on any atom is 0.410 e. The first-order valence-corrected chi connectivity index (χ1v) is 6.69. The lowest BCUT2D eigenvalue weighted by Crippen LogP contribution is -2.47. The number of nitrogens with zero attached hydrogens (tertiary/aromatic N) is 1. The van der Waals surface area contributed by atoms with Gasteiger partial charge < -0.3 is 9.64 Å². The molecule has 1 rings (SSSR count). The van der Waals surface area contributed by atoms with Gasteiger partial charge in [0.25, 0.3) is 0 Å². The molecule has 1 fully saturated rings. The Hall–Kier alpha value is -1.50. The molecule has 0 aromatic carbocycles. The van der Waals surface area contributed by atoms with E-state index in [0.29, 0.717) is 13.1 Å². The highest BCUT2D eigenvalue weighted by molar-refractivity contribution is 5.97. The van der Waals surface area contributed by atoms with Crippen LogP contribution in [0.5, 0.6) is 0 Å². The Bertz CT molecular complexity index is 411. The Labute approximate surface area is 115 Å². The highest BCUT2D eigenvalue weighted by Crippen LogP contribution is 2.25. The van der Waals surface area contributed by atoms with Crippen molar-refractivity contribution in [1.82, 2.24) is 4.90 Å². The van der Waals surface area contributed by atoms with Crippen LogP contribution in [0, 0.1) is 23.7 Å². The molecule has 0 aliphatic carbocycles. The molecule has 0 radical (unpaired) electrons. The second-order valence-electron chi connectivity index (χ2n) is 6.04. The van der Waals surface area contributed by atoms with Gasteiger partial charge in [-0.25, -0.2) is 4.79 Å². The van der Waals surface area contributed by atoms with E-state index >= 15 is 0 Å². The summed E-state index contributed by atoms with van der Waals surface area (Å²) in [6.07, 6.45) is 0.461. The molecule has 4 heteroatoms. The predicted octanol–water partition coefficient (Wildman–Crippen LogP) is 2.47. The van der Waals surface area contributed by atoms with Crippen molar-refractivity contribution in [3.8, 4) is 11.8 Å². The molecule has 0 unspecified atom stereocenters. The lowest BCUT2D eigenvalue weighted by Gasteiger charge is -2.36. The lowest BCUT2D eigenvalue weighted by atomic mass is 9.84. The molecule has 4 nitrogen and oxygen atoms in total. The van der Waals surface area contributed by atoms with Crippen LogP contribution in [0.2, 0.25) is 0 Å². The van der Waals surface area contributed by atoms with Crippen LogP contribution in [-0.4, -0.2) is 35.5 Å². The van der Waals surface area contributed by atoms with Gasteiger partial charge in [-0.15, -0.1) is 0 Å². The van der Waals surface area contributed by atoms with Gasteiger partial charge in [0.15, 0.2) is 0 Å². The number of carbonyl (C=O) groups is 2. The molecule has 0 aromatic heterocycles. The molecule has 0 bridgehead atoms. The lowest BCUT2D eigenvalue weighted by molar-refractivity contribution is -0.120. The molecule has 1 amide bonds. The van der Waals surface area contributed by atoms with Gasteiger partial charge in [0, 0.05) is 13.1 Å². The Balaban J connectivity index is 2.71. The van der Waals surface area contributed by atoms with Crippen molar-refractivity contribution in [1.29, 1.82) is 0 Å². The normalized spacial score (nSPS) is 23.3.